The topological polar surface area (TPSA) is 12.0 Å². The number of fused-ring (bicyclic) bond motifs is 3. The van der Waals surface area contributed by atoms with Gasteiger partial charge in [0.2, 0.25) is 0 Å². The average molecular weight is 351 g/mol. The molecule has 0 saturated heterocycles. The number of rotatable bonds is 1. The van der Waals surface area contributed by atoms with E-state index in [1.807, 2.05) is 24.3 Å². The monoisotopic (exact) mass is 349 g/mol. The van der Waals surface area contributed by atoms with Crippen molar-refractivity contribution < 1.29 is 0 Å². The molecule has 1 aliphatic heterocycles. The Labute approximate surface area is 144 Å². The van der Waals surface area contributed by atoms with E-state index in [2.05, 4.69) is 29.6 Å². The second-order valence-electron chi connectivity index (χ2n) is 5.85. The third-order valence-electron chi connectivity index (χ3n) is 4.64. The number of allylic oxidation sites excluding steroid dienone is 2. The van der Waals surface area contributed by atoms with Crippen molar-refractivity contribution in [3.8, 4) is 0 Å². The number of nitrogens with one attached hydrogen (secondary N) is 1. The van der Waals surface area contributed by atoms with Gasteiger partial charge in [0, 0.05) is 16.6 Å². The van der Waals surface area contributed by atoms with E-state index >= 15 is 0 Å². The van der Waals surface area contributed by atoms with E-state index in [-0.39, 0.29) is 6.04 Å². The average Bonchev–Trinajstić information content (AvgIpc) is 2.99. The zero-order valence-electron chi connectivity index (χ0n) is 11.7. The van der Waals surface area contributed by atoms with Gasteiger partial charge in [0.05, 0.1) is 16.1 Å². The van der Waals surface area contributed by atoms with Crippen molar-refractivity contribution in [3.63, 3.8) is 0 Å². The van der Waals surface area contributed by atoms with Crippen molar-refractivity contribution in [2.24, 2.45) is 5.92 Å². The van der Waals surface area contributed by atoms with Crippen molar-refractivity contribution in [1.29, 1.82) is 0 Å². The molecule has 2 aliphatic rings. The zero-order valence-corrected chi connectivity index (χ0v) is 14.0. The molecule has 1 nitrogen and oxygen atoms in total. The number of hydrogen-bond acceptors (Lipinski definition) is 1. The summed E-state index contributed by atoms with van der Waals surface area (Å²) in [6, 6.07) is 12.0. The summed E-state index contributed by atoms with van der Waals surface area (Å²) >= 11 is 18.8. The molecule has 0 spiro atoms. The van der Waals surface area contributed by atoms with Crippen LogP contribution in [0.3, 0.4) is 0 Å². The molecule has 22 heavy (non-hydrogen) atoms. The van der Waals surface area contributed by atoms with Crippen molar-refractivity contribution in [2.45, 2.75) is 18.4 Å². The van der Waals surface area contributed by atoms with E-state index in [9.17, 15) is 0 Å². The summed E-state index contributed by atoms with van der Waals surface area (Å²) in [5.74, 6) is 0.803. The molecule has 112 valence electrons. The highest BCUT2D eigenvalue weighted by Crippen LogP contribution is 2.51. The van der Waals surface area contributed by atoms with Gasteiger partial charge in [-0.1, -0.05) is 59.1 Å². The predicted molar refractivity (Wildman–Crippen MR) is 94.3 cm³/mol. The zero-order chi connectivity index (χ0) is 15.3. The fourth-order valence-corrected chi connectivity index (χ4v) is 4.24. The lowest BCUT2D eigenvalue weighted by Gasteiger charge is -2.38. The van der Waals surface area contributed by atoms with Crippen LogP contribution in [0.4, 0.5) is 5.69 Å². The molecule has 0 fully saturated rings. The van der Waals surface area contributed by atoms with Crippen molar-refractivity contribution >= 4 is 40.5 Å². The Bertz CT molecular complexity index is 769. The molecule has 1 N–H and O–H groups in total. The normalized spacial score (nSPS) is 25.5. The lowest BCUT2D eigenvalue weighted by molar-refractivity contribution is 0.426. The Morgan fingerprint density at radius 3 is 2.73 bits per heavy atom. The minimum absolute atomic E-state index is 0.153. The smallest absolute Gasteiger partial charge is 0.0645 e. The van der Waals surface area contributed by atoms with Gasteiger partial charge in [-0.25, -0.2) is 0 Å². The molecule has 3 atom stereocenters. The van der Waals surface area contributed by atoms with Gasteiger partial charge in [-0.2, -0.15) is 0 Å². The highest BCUT2D eigenvalue weighted by atomic mass is 35.5. The van der Waals surface area contributed by atoms with Crippen LogP contribution in [0.2, 0.25) is 15.1 Å². The fourth-order valence-electron chi connectivity index (χ4n) is 3.63. The summed E-state index contributed by atoms with van der Waals surface area (Å²) in [6.07, 6.45) is 5.56. The third kappa shape index (κ3) is 2.23. The Morgan fingerprint density at radius 2 is 1.86 bits per heavy atom. The van der Waals surface area contributed by atoms with E-state index < -0.39 is 0 Å². The quantitative estimate of drug-likeness (QED) is 0.581. The summed E-state index contributed by atoms with van der Waals surface area (Å²) in [7, 11) is 0. The van der Waals surface area contributed by atoms with Crippen LogP contribution in [0, 0.1) is 5.92 Å². The van der Waals surface area contributed by atoms with Crippen LogP contribution in [0.5, 0.6) is 0 Å². The molecule has 0 bridgehead atoms. The standard InChI is InChI=1S/C18H14Cl3N/c19-10-7-8-16-14(9-10)11-3-1-4-12(11)18(22-16)13-5-2-6-15(20)17(13)21/h1-3,5-9,11-12,18,22H,4H2/t11-,12-,18-/m1/s1. The first-order chi connectivity index (χ1) is 10.6. The van der Waals surface area contributed by atoms with Gasteiger partial charge < -0.3 is 5.32 Å². The molecule has 1 aliphatic carbocycles. The minimum atomic E-state index is 0.153. The molecule has 0 saturated carbocycles. The van der Waals surface area contributed by atoms with Gasteiger partial charge in [0.15, 0.2) is 0 Å². The van der Waals surface area contributed by atoms with E-state index in [0.717, 1.165) is 22.7 Å². The number of halogens is 3. The Morgan fingerprint density at radius 1 is 1.00 bits per heavy atom. The van der Waals surface area contributed by atoms with E-state index in [0.29, 0.717) is 21.9 Å². The Hall–Kier alpha value is -1.15. The maximum Gasteiger partial charge on any atom is 0.0645 e. The third-order valence-corrected chi connectivity index (χ3v) is 5.71. The van der Waals surface area contributed by atoms with Gasteiger partial charge >= 0.3 is 0 Å². The molecule has 2 aromatic rings. The predicted octanol–water partition coefficient (Wildman–Crippen LogP) is 6.47. The summed E-state index contributed by atoms with van der Waals surface area (Å²) in [5.41, 5.74) is 3.45. The van der Waals surface area contributed by atoms with Gasteiger partial charge in [-0.15, -0.1) is 0 Å². The highest BCUT2D eigenvalue weighted by Gasteiger charge is 2.38. The van der Waals surface area contributed by atoms with Gasteiger partial charge in [0.1, 0.15) is 0 Å². The van der Waals surface area contributed by atoms with Gasteiger partial charge in [-0.3, -0.25) is 0 Å². The lowest BCUT2D eigenvalue weighted by atomic mass is 9.77. The molecule has 0 aromatic heterocycles. The molecule has 0 radical (unpaired) electrons. The van der Waals surface area contributed by atoms with Crippen molar-refractivity contribution in [2.75, 3.05) is 5.32 Å². The maximum absolute atomic E-state index is 6.46. The molecular formula is C18H14Cl3N. The molecule has 4 rings (SSSR count). The fraction of sp³-hybridized carbons (Fsp3) is 0.222. The SMILES string of the molecule is Clc1ccc2c(c1)[C@@H]1C=CC[C@H]1[C@H](c1cccc(Cl)c1Cl)N2. The second kappa shape index (κ2) is 5.49. The first kappa shape index (κ1) is 14.4. The maximum atomic E-state index is 6.46. The van der Waals surface area contributed by atoms with Crippen molar-refractivity contribution in [1.82, 2.24) is 0 Å². The van der Waals surface area contributed by atoms with Gasteiger partial charge in [0.25, 0.3) is 0 Å². The van der Waals surface area contributed by atoms with Crippen LogP contribution < -0.4 is 5.32 Å². The largest absolute Gasteiger partial charge is 0.378 e. The highest BCUT2D eigenvalue weighted by molar-refractivity contribution is 6.42. The summed E-state index contributed by atoms with van der Waals surface area (Å²) < 4.78 is 0. The molecule has 0 unspecified atom stereocenters. The van der Waals surface area contributed by atoms with Crippen LogP contribution in [-0.4, -0.2) is 0 Å². The molecule has 0 amide bonds. The number of anilines is 1. The van der Waals surface area contributed by atoms with Crippen LogP contribution in [0.15, 0.2) is 48.6 Å². The first-order valence-corrected chi connectivity index (χ1v) is 8.45. The van der Waals surface area contributed by atoms with Crippen LogP contribution >= 0.6 is 34.8 Å². The summed E-state index contributed by atoms with van der Waals surface area (Å²) in [4.78, 5) is 0. The van der Waals surface area contributed by atoms with Gasteiger partial charge in [-0.05, 0) is 47.7 Å². The molecule has 1 heterocycles. The van der Waals surface area contributed by atoms with E-state index in [1.165, 1.54) is 5.56 Å². The van der Waals surface area contributed by atoms with Crippen LogP contribution in [0.1, 0.15) is 29.5 Å². The second-order valence-corrected chi connectivity index (χ2v) is 7.07. The minimum Gasteiger partial charge on any atom is -0.378 e. The van der Waals surface area contributed by atoms with Crippen LogP contribution in [0.25, 0.3) is 0 Å². The van der Waals surface area contributed by atoms with E-state index in [1.54, 1.807) is 0 Å². The van der Waals surface area contributed by atoms with Crippen LogP contribution in [-0.2, 0) is 0 Å². The lowest BCUT2D eigenvalue weighted by Crippen LogP contribution is -2.29. The Kier molecular flexibility index (Phi) is 3.60. The number of hydrogen-bond donors (Lipinski definition) is 1. The number of benzene rings is 2. The summed E-state index contributed by atoms with van der Waals surface area (Å²) in [5, 5.41) is 5.66. The molecule has 4 heteroatoms. The van der Waals surface area contributed by atoms with Crippen molar-refractivity contribution in [3.05, 3.63) is 74.7 Å². The van der Waals surface area contributed by atoms with E-state index in [4.69, 9.17) is 34.8 Å². The summed E-state index contributed by atoms with van der Waals surface area (Å²) in [6.45, 7) is 0. The Balaban J connectivity index is 1.83. The molecule has 2 aromatic carbocycles. The molecular weight excluding hydrogens is 337 g/mol. The first-order valence-electron chi connectivity index (χ1n) is 7.31.